The Morgan fingerprint density at radius 2 is 1.88 bits per heavy atom. The van der Waals surface area contributed by atoms with Crippen LogP contribution in [0.25, 0.3) is 33.5 Å². The van der Waals surface area contributed by atoms with Crippen LogP contribution in [0.1, 0.15) is 20.1 Å². The summed E-state index contributed by atoms with van der Waals surface area (Å²) in [6.45, 7) is 2.27. The number of hydrogen-bond donors (Lipinski definition) is 2. The van der Waals surface area contributed by atoms with E-state index in [1.54, 1.807) is 4.57 Å². The van der Waals surface area contributed by atoms with Crippen LogP contribution in [-0.2, 0) is 6.54 Å². The van der Waals surface area contributed by atoms with Crippen LogP contribution in [0.3, 0.4) is 0 Å². The summed E-state index contributed by atoms with van der Waals surface area (Å²) in [4.78, 5) is 31.5. The van der Waals surface area contributed by atoms with E-state index in [0.29, 0.717) is 29.4 Å². The van der Waals surface area contributed by atoms with Crippen molar-refractivity contribution in [3.63, 3.8) is 0 Å². The van der Waals surface area contributed by atoms with Crippen molar-refractivity contribution in [2.45, 2.75) is 13.5 Å². The number of carbonyl (C=O) groups is 1. The maximum atomic E-state index is 11.8. The van der Waals surface area contributed by atoms with Gasteiger partial charge in [0.1, 0.15) is 10.4 Å². The van der Waals surface area contributed by atoms with Crippen LogP contribution in [-0.4, -0.2) is 37.1 Å². The van der Waals surface area contributed by atoms with Crippen molar-refractivity contribution in [1.29, 1.82) is 0 Å². The normalized spacial score (nSPS) is 11.2. The van der Waals surface area contributed by atoms with E-state index in [0.717, 1.165) is 38.7 Å². The molecule has 0 saturated heterocycles. The quantitative estimate of drug-likeness (QED) is 0.368. The number of hydrogen-bond acceptors (Lipinski definition) is 7. The molecule has 5 aromatic rings. The number of H-pyrrole nitrogens is 1. The smallest absolute Gasteiger partial charge is 0.348 e. The first-order chi connectivity index (χ1) is 16.0. The molecule has 0 atom stereocenters. The molecule has 0 unspecified atom stereocenters. The fourth-order valence-corrected chi connectivity index (χ4v) is 5.26. The van der Waals surface area contributed by atoms with Crippen molar-refractivity contribution < 1.29 is 14.6 Å². The first kappa shape index (κ1) is 21.1. The number of aromatic carboxylic acids is 1. The molecule has 5 rings (SSSR count). The minimum absolute atomic E-state index is 0.194. The second kappa shape index (κ2) is 8.30. The van der Waals surface area contributed by atoms with Gasteiger partial charge in [-0.2, -0.15) is 9.36 Å². The van der Waals surface area contributed by atoms with Crippen LogP contribution in [0.15, 0.2) is 53.3 Å². The van der Waals surface area contributed by atoms with Gasteiger partial charge in [-0.25, -0.2) is 4.79 Å². The Balaban J connectivity index is 1.52. The highest BCUT2D eigenvalue weighted by Crippen LogP contribution is 2.35. The highest BCUT2D eigenvalue weighted by molar-refractivity contribution is 7.15. The third-order valence-corrected chi connectivity index (χ3v) is 6.95. The van der Waals surface area contributed by atoms with Gasteiger partial charge in [0.2, 0.25) is 0 Å². The molecule has 33 heavy (non-hydrogen) atoms. The van der Waals surface area contributed by atoms with Crippen LogP contribution < -0.4 is 9.61 Å². The SMILES string of the molecule is COc1nc2c(C)sc(C(=O)O)c2n1Cc1ccc(-c2ccccc2-c2nsc(=O)[nH]2)cc1. The van der Waals surface area contributed by atoms with Gasteiger partial charge in [-0.15, -0.1) is 11.3 Å². The summed E-state index contributed by atoms with van der Waals surface area (Å²) in [5, 5.41) is 9.65. The molecule has 3 aromatic heterocycles. The summed E-state index contributed by atoms with van der Waals surface area (Å²) < 4.78 is 11.5. The Labute approximate surface area is 195 Å². The van der Waals surface area contributed by atoms with E-state index in [1.807, 2.05) is 55.5 Å². The lowest BCUT2D eigenvalue weighted by molar-refractivity contribution is 0.0703. The lowest BCUT2D eigenvalue weighted by Crippen LogP contribution is -2.05. The number of aromatic nitrogens is 4. The van der Waals surface area contributed by atoms with Gasteiger partial charge in [0.25, 0.3) is 6.01 Å². The number of methoxy groups -OCH3 is 1. The third-order valence-electron chi connectivity index (χ3n) is 5.34. The van der Waals surface area contributed by atoms with Gasteiger partial charge < -0.3 is 9.84 Å². The van der Waals surface area contributed by atoms with Crippen molar-refractivity contribution >= 4 is 39.9 Å². The van der Waals surface area contributed by atoms with Gasteiger partial charge in [-0.1, -0.05) is 48.5 Å². The number of imidazole rings is 1. The van der Waals surface area contributed by atoms with Crippen LogP contribution in [0.2, 0.25) is 0 Å². The number of benzene rings is 2. The molecule has 0 aliphatic rings. The fourth-order valence-electron chi connectivity index (χ4n) is 3.86. The molecule has 0 aliphatic carbocycles. The van der Waals surface area contributed by atoms with Gasteiger partial charge in [0.05, 0.1) is 19.2 Å². The van der Waals surface area contributed by atoms with Crippen molar-refractivity contribution in [1.82, 2.24) is 18.9 Å². The number of nitrogens with one attached hydrogen (secondary N) is 1. The van der Waals surface area contributed by atoms with Gasteiger partial charge in [-0.05, 0) is 23.6 Å². The summed E-state index contributed by atoms with van der Waals surface area (Å²) in [5.74, 6) is -0.432. The molecular weight excluding hydrogens is 460 g/mol. The number of thiophene rings is 1. The number of aryl methyl sites for hydroxylation is 1. The fraction of sp³-hybridized carbons (Fsp3) is 0.130. The third kappa shape index (κ3) is 3.73. The Bertz CT molecular complexity index is 1540. The summed E-state index contributed by atoms with van der Waals surface area (Å²) in [6.07, 6.45) is 0. The van der Waals surface area contributed by atoms with Gasteiger partial charge in [0.15, 0.2) is 5.82 Å². The molecule has 0 amide bonds. The van der Waals surface area contributed by atoms with Crippen LogP contribution in [0, 0.1) is 6.92 Å². The van der Waals surface area contributed by atoms with Crippen molar-refractivity contribution in [3.05, 3.63) is 73.5 Å². The number of carboxylic acid groups (broad SMARTS) is 1. The van der Waals surface area contributed by atoms with Crippen LogP contribution in [0.5, 0.6) is 6.01 Å². The highest BCUT2D eigenvalue weighted by Gasteiger charge is 2.23. The van der Waals surface area contributed by atoms with E-state index in [4.69, 9.17) is 4.74 Å². The zero-order valence-electron chi connectivity index (χ0n) is 17.7. The molecule has 8 nitrogen and oxygen atoms in total. The summed E-state index contributed by atoms with van der Waals surface area (Å²) >= 11 is 2.11. The molecule has 2 N–H and O–H groups in total. The average Bonchev–Trinajstić information content (AvgIpc) is 3.50. The molecule has 0 radical (unpaired) electrons. The van der Waals surface area contributed by atoms with E-state index in [9.17, 15) is 14.7 Å². The summed E-state index contributed by atoms with van der Waals surface area (Å²) in [6, 6.07) is 16.1. The second-order valence-electron chi connectivity index (χ2n) is 7.36. The maximum Gasteiger partial charge on any atom is 0.348 e. The molecule has 0 bridgehead atoms. The van der Waals surface area contributed by atoms with Crippen molar-refractivity contribution in [2.24, 2.45) is 0 Å². The van der Waals surface area contributed by atoms with Gasteiger partial charge >= 0.3 is 10.8 Å². The van der Waals surface area contributed by atoms with E-state index in [1.165, 1.54) is 18.4 Å². The number of aromatic amines is 1. The Morgan fingerprint density at radius 1 is 1.15 bits per heavy atom. The maximum absolute atomic E-state index is 11.8. The molecule has 0 aliphatic heterocycles. The Morgan fingerprint density at radius 3 is 2.52 bits per heavy atom. The molecule has 0 spiro atoms. The minimum atomic E-state index is -0.978. The zero-order valence-corrected chi connectivity index (χ0v) is 19.3. The lowest BCUT2D eigenvalue weighted by atomic mass is 9.98. The highest BCUT2D eigenvalue weighted by atomic mass is 32.1. The number of rotatable bonds is 6. The predicted molar refractivity (Wildman–Crippen MR) is 129 cm³/mol. The van der Waals surface area contributed by atoms with E-state index in [2.05, 4.69) is 14.3 Å². The Hall–Kier alpha value is -3.76. The van der Waals surface area contributed by atoms with E-state index in [-0.39, 0.29) is 9.75 Å². The molecule has 0 saturated carbocycles. The number of ether oxygens (including phenoxy) is 1. The average molecular weight is 479 g/mol. The zero-order chi connectivity index (χ0) is 23.1. The molecule has 2 aromatic carbocycles. The summed E-state index contributed by atoms with van der Waals surface area (Å²) in [7, 11) is 1.53. The molecule has 10 heteroatoms. The van der Waals surface area contributed by atoms with Gasteiger partial charge in [-0.3, -0.25) is 14.3 Å². The number of fused-ring (bicyclic) bond motifs is 1. The van der Waals surface area contributed by atoms with E-state index < -0.39 is 5.97 Å². The van der Waals surface area contributed by atoms with Crippen molar-refractivity contribution in [2.75, 3.05) is 7.11 Å². The largest absolute Gasteiger partial charge is 0.477 e. The second-order valence-corrected chi connectivity index (χ2v) is 9.32. The summed E-state index contributed by atoms with van der Waals surface area (Å²) in [5.41, 5.74) is 4.97. The van der Waals surface area contributed by atoms with Crippen LogP contribution >= 0.6 is 22.9 Å². The van der Waals surface area contributed by atoms with E-state index >= 15 is 0 Å². The number of carboxylic acids is 1. The monoisotopic (exact) mass is 478 g/mol. The Kier molecular flexibility index (Phi) is 5.31. The first-order valence-corrected chi connectivity index (χ1v) is 11.6. The van der Waals surface area contributed by atoms with Gasteiger partial charge in [0, 0.05) is 22.0 Å². The molecule has 3 heterocycles. The van der Waals surface area contributed by atoms with Crippen LogP contribution in [0.4, 0.5) is 0 Å². The molecule has 0 fully saturated rings. The minimum Gasteiger partial charge on any atom is -0.477 e. The van der Waals surface area contributed by atoms with Crippen molar-refractivity contribution in [3.8, 4) is 28.5 Å². The first-order valence-electron chi connectivity index (χ1n) is 9.98. The topological polar surface area (TPSA) is 110 Å². The molecule has 166 valence electrons. The molecular formula is C23H18N4O4S2. The lowest BCUT2D eigenvalue weighted by Gasteiger charge is -2.11. The predicted octanol–water partition coefficient (Wildman–Crippen LogP) is 4.64. The standard InChI is InChI=1S/C23H18N4O4S2/c1-12-17-18(19(32-12)21(28)29)27(22(24-17)31-2)11-13-7-9-14(10-8-13)15-5-3-4-6-16(15)20-25-23(30)33-26-20/h3-10H,11H2,1-2H3,(H,28,29)(H,25,26,30). The number of nitrogens with zero attached hydrogens (tertiary/aromatic N) is 3.